The minimum atomic E-state index is -1.06. The summed E-state index contributed by atoms with van der Waals surface area (Å²) in [5, 5.41) is 20.2. The highest BCUT2D eigenvalue weighted by Gasteiger charge is 2.34. The third kappa shape index (κ3) is 51.7. The van der Waals surface area contributed by atoms with Crippen LogP contribution in [0.15, 0.2) is 12.7 Å². The van der Waals surface area contributed by atoms with Crippen LogP contribution >= 0.6 is 0 Å². The maximum atomic E-state index is 11.9. The van der Waals surface area contributed by atoms with Gasteiger partial charge in [-0.3, -0.25) is 52.7 Å². The first kappa shape index (κ1) is 88.6. The fourth-order valence-corrected chi connectivity index (χ4v) is 7.95. The zero-order valence-electron chi connectivity index (χ0n) is 58.3. The van der Waals surface area contributed by atoms with Gasteiger partial charge in [0.25, 0.3) is 11.8 Å². The molecule has 0 aliphatic carbocycles. The van der Waals surface area contributed by atoms with Gasteiger partial charge in [0.2, 0.25) is 5.91 Å². The van der Waals surface area contributed by atoms with Crippen molar-refractivity contribution in [2.45, 2.75) is 252 Å². The van der Waals surface area contributed by atoms with Gasteiger partial charge in [-0.05, 0) is 92.8 Å². The molecule has 1 aliphatic heterocycles. The summed E-state index contributed by atoms with van der Waals surface area (Å²) in [6, 6.07) is -1.34. The average Bonchev–Trinajstić information content (AvgIpc) is 2.06. The van der Waals surface area contributed by atoms with E-state index >= 15 is 0 Å². The standard InChI is InChI=1S/C17H26N2O7.C17H31NO4.C17H30O5.C16H28O5/c1-11(16(24)25-9-5-8-17(2,3)4)18-12(20)10-15(23)26-19-13(21)6-7-14(19)22;1-6-9-21-15(19)12-14(18)11-13(2)16(20)22-10-7-8-17(3,4)5;1-12(15(19)20)7-8-14(18)11-13(2)16(21)22-10-6-9-17(3,4)5;1-11(14(18)19)9-13(17)10-12(2)15(20)21-8-6-7-16(3,4)5/h11H,5-10H2,1-4H3,(H,18,20);6,13-14H,1,7-12,18H2,2-5H3;12-13H,6-11H2,1-5H3,(H,19,20);11-12H,6-10H2,1-5H3,(H,18,19). The fraction of sp³-hybridized carbons (Fsp3) is 0.776. The summed E-state index contributed by atoms with van der Waals surface area (Å²) in [4.78, 5) is 154. The Kier molecular flexibility index (Phi) is 44.4. The molecule has 1 aliphatic rings. The lowest BCUT2D eigenvalue weighted by molar-refractivity contribution is -0.197. The first-order valence-corrected chi connectivity index (χ1v) is 31.7. The summed E-state index contributed by atoms with van der Waals surface area (Å²) in [5.74, 6) is -9.85. The summed E-state index contributed by atoms with van der Waals surface area (Å²) in [5.41, 5.74) is 6.67. The second-order valence-corrected chi connectivity index (χ2v) is 28.4. The maximum absolute atomic E-state index is 11.9. The highest BCUT2D eigenvalue weighted by atomic mass is 16.7. The summed E-state index contributed by atoms with van der Waals surface area (Å²) in [6.07, 6.45) is 8.81. The van der Waals surface area contributed by atoms with Crippen LogP contribution in [-0.2, 0) is 90.9 Å². The van der Waals surface area contributed by atoms with E-state index in [9.17, 15) is 62.3 Å². The molecule has 5 N–H and O–H groups in total. The van der Waals surface area contributed by atoms with Crippen molar-refractivity contribution < 1.29 is 101 Å². The number of hydroxylamine groups is 2. The smallest absolute Gasteiger partial charge is 0.342 e. The Bertz CT molecular complexity index is 2310. The molecule has 3 amide bonds. The predicted octanol–water partition coefficient (Wildman–Crippen LogP) is 10.2. The summed E-state index contributed by atoms with van der Waals surface area (Å²) in [7, 11) is 0. The van der Waals surface area contributed by atoms with E-state index in [1.807, 2.05) is 0 Å². The van der Waals surface area contributed by atoms with Crippen molar-refractivity contribution in [2.75, 3.05) is 33.0 Å². The Morgan fingerprint density at radius 2 is 0.879 bits per heavy atom. The zero-order chi connectivity index (χ0) is 71.0. The molecule has 1 heterocycles. The number of ether oxygens (including phenoxy) is 5. The topological polar surface area (TPSA) is 359 Å². The SMILES string of the molecule is C=CCOC(=O)CC(N)CC(C)C(=O)OCCCC(C)(C)C.CC(CC(=O)CC(C)C(=O)OCCCC(C)(C)C)C(=O)O.CC(CCC(=O)CC(C)C(=O)OCCCC(C)(C)C)C(=O)O.CC(NC(=O)CC(=O)ON1C(=O)CCC1=O)C(=O)OCCCC(C)(C)C. The van der Waals surface area contributed by atoms with Crippen LogP contribution in [-0.4, -0.2) is 137 Å². The van der Waals surface area contributed by atoms with E-state index in [2.05, 4.69) is 99.8 Å². The molecule has 0 spiro atoms. The number of nitrogens with zero attached hydrogens (tertiary/aromatic N) is 1. The first-order chi connectivity index (χ1) is 41.7. The van der Waals surface area contributed by atoms with Crippen LogP contribution in [0.1, 0.15) is 240 Å². The lowest BCUT2D eigenvalue weighted by Crippen LogP contribution is -2.41. The van der Waals surface area contributed by atoms with Gasteiger partial charge in [-0.15, -0.1) is 5.06 Å². The number of amides is 3. The number of aliphatic carboxylic acids is 2. The molecule has 7 unspecified atom stereocenters. The molecule has 7 atom stereocenters. The molecule has 0 saturated carbocycles. The summed E-state index contributed by atoms with van der Waals surface area (Å²) < 4.78 is 25.5. The second-order valence-electron chi connectivity index (χ2n) is 28.4. The van der Waals surface area contributed by atoms with Crippen LogP contribution < -0.4 is 11.1 Å². The van der Waals surface area contributed by atoms with Crippen LogP contribution in [0.5, 0.6) is 0 Å². The Balaban J connectivity index is -0.00000114. The number of carboxylic acid groups (broad SMARTS) is 2. The van der Waals surface area contributed by atoms with E-state index in [0.717, 1.165) is 44.9 Å². The first-order valence-electron chi connectivity index (χ1n) is 31.7. The van der Waals surface area contributed by atoms with Crippen molar-refractivity contribution in [1.29, 1.82) is 0 Å². The number of nitrogens with one attached hydrogen (secondary N) is 1. The van der Waals surface area contributed by atoms with E-state index in [4.69, 9.17) is 39.6 Å². The van der Waals surface area contributed by atoms with Gasteiger partial charge in [0.1, 0.15) is 30.6 Å². The molecule has 0 aromatic carbocycles. The monoisotopic (exact) mass is 1300 g/mol. The summed E-state index contributed by atoms with van der Waals surface area (Å²) in [6.45, 7) is 40.1. The van der Waals surface area contributed by atoms with Crippen molar-refractivity contribution in [1.82, 2.24) is 10.4 Å². The third-order valence-corrected chi connectivity index (χ3v) is 13.5. The lowest BCUT2D eigenvalue weighted by Gasteiger charge is -2.19. The number of ketones is 2. The lowest BCUT2D eigenvalue weighted by atomic mass is 9.91. The summed E-state index contributed by atoms with van der Waals surface area (Å²) >= 11 is 0. The molecule has 24 heteroatoms. The number of carboxylic acids is 2. The quantitative estimate of drug-likeness (QED) is 0.0112. The number of hydrogen-bond donors (Lipinski definition) is 4. The molecule has 91 heavy (non-hydrogen) atoms. The second kappa shape index (κ2) is 45.6. The van der Waals surface area contributed by atoms with Crippen LogP contribution in [0.2, 0.25) is 0 Å². The third-order valence-electron chi connectivity index (χ3n) is 13.5. The molecule has 1 fully saturated rings. The molecular weight excluding hydrogens is 1180 g/mol. The molecule has 24 nitrogen and oxygen atoms in total. The Morgan fingerprint density at radius 3 is 1.25 bits per heavy atom. The Morgan fingerprint density at radius 1 is 0.516 bits per heavy atom. The van der Waals surface area contributed by atoms with Gasteiger partial charge in [-0.25, -0.2) is 9.59 Å². The number of carbonyl (C=O) groups is 13. The van der Waals surface area contributed by atoms with Crippen LogP contribution in [0.4, 0.5) is 0 Å². The van der Waals surface area contributed by atoms with Crippen molar-refractivity contribution in [3.05, 3.63) is 12.7 Å². The van der Waals surface area contributed by atoms with E-state index in [0.29, 0.717) is 44.1 Å². The normalized spacial score (nSPS) is 14.6. The van der Waals surface area contributed by atoms with Crippen molar-refractivity contribution in [3.63, 3.8) is 0 Å². The van der Waals surface area contributed by atoms with Crippen molar-refractivity contribution in [3.8, 4) is 0 Å². The largest absolute Gasteiger partial charge is 0.481 e. The molecule has 1 saturated heterocycles. The maximum Gasteiger partial charge on any atom is 0.342 e. The predicted molar refractivity (Wildman–Crippen MR) is 341 cm³/mol. The number of rotatable bonds is 37. The van der Waals surface area contributed by atoms with Gasteiger partial charge in [-0.2, -0.15) is 0 Å². The van der Waals surface area contributed by atoms with Gasteiger partial charge >= 0.3 is 47.8 Å². The van der Waals surface area contributed by atoms with Crippen molar-refractivity contribution >= 4 is 77.0 Å². The highest BCUT2D eigenvalue weighted by molar-refractivity contribution is 6.03. The van der Waals surface area contributed by atoms with Crippen LogP contribution in [0.3, 0.4) is 0 Å². The number of carbonyl (C=O) groups excluding carboxylic acids is 11. The molecule has 0 aromatic heterocycles. The zero-order valence-corrected chi connectivity index (χ0v) is 58.3. The molecule has 1 rings (SSSR count). The molecule has 0 bridgehead atoms. The minimum Gasteiger partial charge on any atom is -0.481 e. The van der Waals surface area contributed by atoms with E-state index in [1.54, 1.807) is 27.7 Å². The van der Waals surface area contributed by atoms with Gasteiger partial charge in [0.15, 0.2) is 0 Å². The van der Waals surface area contributed by atoms with E-state index in [1.165, 1.54) is 19.9 Å². The van der Waals surface area contributed by atoms with Crippen LogP contribution in [0, 0.1) is 51.2 Å². The number of esters is 5. The van der Waals surface area contributed by atoms with Crippen molar-refractivity contribution in [2.24, 2.45) is 57.0 Å². The highest BCUT2D eigenvalue weighted by Crippen LogP contribution is 2.24. The number of Topliss-reactive ketones (excluding diaryl/α,β-unsaturated/α-hetero) is 2. The fourth-order valence-electron chi connectivity index (χ4n) is 7.95. The van der Waals surface area contributed by atoms with Gasteiger partial charge in [-0.1, -0.05) is 130 Å². The Hall–Kier alpha value is -6.59. The Labute approximate surface area is 541 Å². The molecule has 0 radical (unpaired) electrons. The molecule has 524 valence electrons. The van der Waals surface area contributed by atoms with E-state index in [-0.39, 0.29) is 121 Å². The number of hydrogen-bond acceptors (Lipinski definition) is 20. The minimum absolute atomic E-state index is 0.0314. The van der Waals surface area contributed by atoms with Crippen LogP contribution in [0.25, 0.3) is 0 Å². The van der Waals surface area contributed by atoms with Gasteiger partial charge in [0, 0.05) is 44.6 Å². The van der Waals surface area contributed by atoms with E-state index < -0.39 is 83.8 Å². The van der Waals surface area contributed by atoms with Gasteiger partial charge in [0.05, 0.1) is 62.4 Å². The molecule has 0 aromatic rings. The number of nitrogens with two attached hydrogens (primary N) is 1. The van der Waals surface area contributed by atoms with Gasteiger partial charge < -0.3 is 49.8 Å². The number of imide groups is 1. The molecular formula is C67H115N3O21. The average molecular weight is 1300 g/mol.